The van der Waals surface area contributed by atoms with Crippen molar-refractivity contribution in [3.63, 3.8) is 0 Å². The van der Waals surface area contributed by atoms with Crippen LogP contribution in [0.25, 0.3) is 0 Å². The molecule has 0 fully saturated rings. The number of unbranched alkanes of at least 4 members (excludes halogenated alkanes) is 1. The molecule has 0 bridgehead atoms. The maximum Gasteiger partial charge on any atom is 0.0805 e. The van der Waals surface area contributed by atoms with E-state index in [2.05, 4.69) is 6.92 Å². The van der Waals surface area contributed by atoms with Crippen molar-refractivity contribution >= 4 is 23.2 Å². The largest absolute Gasteiger partial charge is 0.388 e. The molecule has 1 nitrogen and oxygen atoms in total. The van der Waals surface area contributed by atoms with Crippen molar-refractivity contribution in [2.75, 3.05) is 0 Å². The molecular formula is C11H14Cl2O. The first-order valence-electron chi connectivity index (χ1n) is 4.78. The first-order chi connectivity index (χ1) is 6.66. The fraction of sp³-hybridized carbons (Fsp3) is 0.455. The molecule has 0 amide bonds. The van der Waals surface area contributed by atoms with E-state index >= 15 is 0 Å². The van der Waals surface area contributed by atoms with Gasteiger partial charge in [-0.3, -0.25) is 0 Å². The molecule has 0 aliphatic rings. The minimum Gasteiger partial charge on any atom is -0.388 e. The van der Waals surface area contributed by atoms with E-state index in [0.29, 0.717) is 10.0 Å². The molecule has 0 aliphatic carbocycles. The summed E-state index contributed by atoms with van der Waals surface area (Å²) in [5, 5.41) is 10.8. The Morgan fingerprint density at radius 1 is 1.36 bits per heavy atom. The van der Waals surface area contributed by atoms with Gasteiger partial charge in [0.25, 0.3) is 0 Å². The molecule has 0 saturated carbocycles. The third-order valence-electron chi connectivity index (χ3n) is 2.17. The van der Waals surface area contributed by atoms with E-state index < -0.39 is 6.10 Å². The Hall–Kier alpha value is -0.240. The molecule has 1 aromatic carbocycles. The van der Waals surface area contributed by atoms with Gasteiger partial charge in [0.2, 0.25) is 0 Å². The van der Waals surface area contributed by atoms with Gasteiger partial charge in [-0.05, 0) is 12.5 Å². The Kier molecular flexibility index (Phi) is 4.73. The molecule has 0 heterocycles. The number of hydrogen-bond acceptors (Lipinski definition) is 1. The van der Waals surface area contributed by atoms with Crippen LogP contribution in [0.4, 0.5) is 0 Å². The molecule has 0 saturated heterocycles. The van der Waals surface area contributed by atoms with Crippen molar-refractivity contribution in [2.24, 2.45) is 0 Å². The van der Waals surface area contributed by atoms with Crippen LogP contribution >= 0.6 is 23.2 Å². The molecule has 0 radical (unpaired) electrons. The number of rotatable bonds is 4. The number of aliphatic hydroxyl groups excluding tert-OH is 1. The number of hydrogen-bond donors (Lipinski definition) is 1. The fourth-order valence-corrected chi connectivity index (χ4v) is 1.76. The number of halogens is 2. The summed E-state index contributed by atoms with van der Waals surface area (Å²) in [6.07, 6.45) is 2.29. The Labute approximate surface area is 94.7 Å². The third-order valence-corrected chi connectivity index (χ3v) is 3.01. The van der Waals surface area contributed by atoms with Gasteiger partial charge in [0.05, 0.1) is 16.1 Å². The zero-order chi connectivity index (χ0) is 10.6. The first kappa shape index (κ1) is 11.8. The van der Waals surface area contributed by atoms with Crippen LogP contribution in [0.5, 0.6) is 0 Å². The molecule has 0 aliphatic heterocycles. The van der Waals surface area contributed by atoms with Crippen LogP contribution in [0.15, 0.2) is 18.2 Å². The van der Waals surface area contributed by atoms with Crippen LogP contribution in [0.1, 0.15) is 37.9 Å². The first-order valence-corrected chi connectivity index (χ1v) is 5.54. The van der Waals surface area contributed by atoms with Crippen LogP contribution < -0.4 is 0 Å². The lowest BCUT2D eigenvalue weighted by molar-refractivity contribution is 0.164. The van der Waals surface area contributed by atoms with Gasteiger partial charge in [0, 0.05) is 5.56 Å². The van der Waals surface area contributed by atoms with Gasteiger partial charge in [-0.2, -0.15) is 0 Å². The second-order valence-corrected chi connectivity index (χ2v) is 4.09. The van der Waals surface area contributed by atoms with E-state index in [1.807, 2.05) is 6.07 Å². The molecule has 1 unspecified atom stereocenters. The average molecular weight is 233 g/mol. The molecule has 14 heavy (non-hydrogen) atoms. The molecule has 1 rings (SSSR count). The summed E-state index contributed by atoms with van der Waals surface area (Å²) >= 11 is 11.8. The third kappa shape index (κ3) is 2.88. The van der Waals surface area contributed by atoms with Crippen molar-refractivity contribution in [3.05, 3.63) is 33.8 Å². The maximum atomic E-state index is 9.81. The zero-order valence-corrected chi connectivity index (χ0v) is 9.65. The summed E-state index contributed by atoms with van der Waals surface area (Å²) in [4.78, 5) is 0. The Bertz CT molecular complexity index is 299. The smallest absolute Gasteiger partial charge is 0.0805 e. The van der Waals surface area contributed by atoms with Gasteiger partial charge in [0.1, 0.15) is 0 Å². The lowest BCUT2D eigenvalue weighted by Gasteiger charge is -2.12. The summed E-state index contributed by atoms with van der Waals surface area (Å²) in [7, 11) is 0. The van der Waals surface area contributed by atoms with E-state index in [1.165, 1.54) is 0 Å². The van der Waals surface area contributed by atoms with Crippen molar-refractivity contribution in [3.8, 4) is 0 Å². The van der Waals surface area contributed by atoms with Crippen molar-refractivity contribution in [1.82, 2.24) is 0 Å². The predicted octanol–water partition coefficient (Wildman–Crippen LogP) is 4.22. The van der Waals surface area contributed by atoms with Crippen LogP contribution in [0.3, 0.4) is 0 Å². The van der Waals surface area contributed by atoms with Crippen LogP contribution in [-0.4, -0.2) is 5.11 Å². The Morgan fingerprint density at radius 3 is 2.71 bits per heavy atom. The summed E-state index contributed by atoms with van der Waals surface area (Å²) in [5.74, 6) is 0. The molecular weight excluding hydrogens is 219 g/mol. The minimum absolute atomic E-state index is 0.470. The molecule has 3 heteroatoms. The highest BCUT2D eigenvalue weighted by Crippen LogP contribution is 2.31. The normalized spacial score (nSPS) is 12.9. The molecule has 1 N–H and O–H groups in total. The molecule has 1 atom stereocenters. The van der Waals surface area contributed by atoms with E-state index in [-0.39, 0.29) is 0 Å². The van der Waals surface area contributed by atoms with Crippen molar-refractivity contribution < 1.29 is 5.11 Å². The predicted molar refractivity (Wildman–Crippen MR) is 60.9 cm³/mol. The van der Waals surface area contributed by atoms with E-state index in [4.69, 9.17) is 23.2 Å². The lowest BCUT2D eigenvalue weighted by atomic mass is 10.0. The SMILES string of the molecule is CCCCC(O)c1cccc(Cl)c1Cl. The summed E-state index contributed by atoms with van der Waals surface area (Å²) in [6.45, 7) is 2.09. The quantitative estimate of drug-likeness (QED) is 0.825. The molecule has 78 valence electrons. The number of aliphatic hydroxyl groups is 1. The minimum atomic E-state index is -0.499. The van der Waals surface area contributed by atoms with E-state index in [9.17, 15) is 5.11 Å². The van der Waals surface area contributed by atoms with E-state index in [1.54, 1.807) is 12.1 Å². The zero-order valence-electron chi connectivity index (χ0n) is 8.13. The topological polar surface area (TPSA) is 20.2 Å². The molecule has 0 aromatic heterocycles. The van der Waals surface area contributed by atoms with Crippen molar-refractivity contribution in [2.45, 2.75) is 32.3 Å². The highest BCUT2D eigenvalue weighted by Gasteiger charge is 2.12. The highest BCUT2D eigenvalue weighted by atomic mass is 35.5. The van der Waals surface area contributed by atoms with Gasteiger partial charge in [-0.1, -0.05) is 55.1 Å². The van der Waals surface area contributed by atoms with Crippen LogP contribution in [0.2, 0.25) is 10.0 Å². The number of benzene rings is 1. The van der Waals surface area contributed by atoms with E-state index in [0.717, 1.165) is 24.8 Å². The summed E-state index contributed by atoms with van der Waals surface area (Å²) < 4.78 is 0. The molecule has 0 spiro atoms. The summed E-state index contributed by atoms with van der Waals surface area (Å²) in [6, 6.07) is 5.34. The maximum absolute atomic E-state index is 9.81. The van der Waals surface area contributed by atoms with Gasteiger partial charge < -0.3 is 5.11 Å². The Morgan fingerprint density at radius 2 is 2.07 bits per heavy atom. The van der Waals surface area contributed by atoms with Gasteiger partial charge in [0.15, 0.2) is 0 Å². The van der Waals surface area contributed by atoms with Crippen LogP contribution in [-0.2, 0) is 0 Å². The van der Waals surface area contributed by atoms with Gasteiger partial charge in [-0.25, -0.2) is 0 Å². The fourth-order valence-electron chi connectivity index (χ4n) is 1.33. The molecule has 1 aromatic rings. The standard InChI is InChI=1S/C11H14Cl2O/c1-2-3-7-10(14)8-5-4-6-9(12)11(8)13/h4-6,10,14H,2-3,7H2,1H3. The van der Waals surface area contributed by atoms with Crippen LogP contribution in [0, 0.1) is 0 Å². The lowest BCUT2D eigenvalue weighted by Crippen LogP contribution is -1.98. The Balaban J connectivity index is 2.79. The highest BCUT2D eigenvalue weighted by molar-refractivity contribution is 6.42. The van der Waals surface area contributed by atoms with Crippen molar-refractivity contribution in [1.29, 1.82) is 0 Å². The second kappa shape index (κ2) is 5.59. The average Bonchev–Trinajstić information content (AvgIpc) is 2.18. The summed E-state index contributed by atoms with van der Waals surface area (Å²) in [5.41, 5.74) is 0.729. The van der Waals surface area contributed by atoms with Gasteiger partial charge in [-0.15, -0.1) is 0 Å². The second-order valence-electron chi connectivity index (χ2n) is 3.30. The van der Waals surface area contributed by atoms with Gasteiger partial charge >= 0.3 is 0 Å². The monoisotopic (exact) mass is 232 g/mol.